The van der Waals surface area contributed by atoms with Gasteiger partial charge in [-0.05, 0) is 34.1 Å². The first kappa shape index (κ1) is 19.8. The number of rotatable bonds is 2. The minimum Gasteiger partial charge on any atom is -0.444 e. The molecule has 2 atom stereocenters. The number of alkyl halides is 1. The predicted octanol–water partition coefficient (Wildman–Crippen LogP) is 3.71. The molecule has 1 aromatic rings. The quantitative estimate of drug-likeness (QED) is 0.803. The van der Waals surface area contributed by atoms with Gasteiger partial charge < -0.3 is 19.9 Å². The highest BCUT2D eigenvalue weighted by atomic mass is 35.5. The lowest BCUT2D eigenvalue weighted by molar-refractivity contribution is 0.00971. The van der Waals surface area contributed by atoms with E-state index < -0.39 is 29.8 Å². The fourth-order valence-corrected chi connectivity index (χ4v) is 2.96. The van der Waals surface area contributed by atoms with Gasteiger partial charge in [0.25, 0.3) is 5.91 Å². The van der Waals surface area contributed by atoms with Crippen LogP contribution in [0.15, 0.2) is 0 Å². The Bertz CT molecular complexity index is 672. The number of hydrogen-bond acceptors (Lipinski definition) is 3. The highest BCUT2D eigenvalue weighted by molar-refractivity contribution is 6.38. The molecule has 0 bridgehead atoms. The average Bonchev–Trinajstić information content (AvgIpc) is 2.75. The standard InChI is InChI=1S/C16H22Cl2FN3O3/c1-8-11(17)12(21-13(8)18)14(23)20-10-5-6-22(7-9(10)19)15(24)25-16(2,3)4/h9-10,21H,5-7H2,1-4H3,(H,20,23)/t9-,10+/m0/s1. The number of nitrogens with one attached hydrogen (secondary N) is 2. The van der Waals surface area contributed by atoms with Gasteiger partial charge in [0.05, 0.1) is 17.6 Å². The molecule has 1 aliphatic heterocycles. The van der Waals surface area contributed by atoms with Crippen molar-refractivity contribution in [3.05, 3.63) is 21.4 Å². The summed E-state index contributed by atoms with van der Waals surface area (Å²) in [4.78, 5) is 28.3. The Morgan fingerprint density at radius 3 is 2.48 bits per heavy atom. The topological polar surface area (TPSA) is 74.4 Å². The second-order valence-corrected chi connectivity index (χ2v) is 7.82. The predicted molar refractivity (Wildman–Crippen MR) is 94.1 cm³/mol. The van der Waals surface area contributed by atoms with E-state index in [-0.39, 0.29) is 28.8 Å². The average molecular weight is 394 g/mol. The fourth-order valence-electron chi connectivity index (χ4n) is 2.50. The molecule has 6 nitrogen and oxygen atoms in total. The van der Waals surface area contributed by atoms with Crippen molar-refractivity contribution in [2.24, 2.45) is 0 Å². The largest absolute Gasteiger partial charge is 0.444 e. The van der Waals surface area contributed by atoms with Crippen LogP contribution >= 0.6 is 23.2 Å². The maximum Gasteiger partial charge on any atom is 0.410 e. The van der Waals surface area contributed by atoms with Crippen LogP contribution in [-0.2, 0) is 4.74 Å². The van der Waals surface area contributed by atoms with Gasteiger partial charge in [-0.15, -0.1) is 0 Å². The summed E-state index contributed by atoms with van der Waals surface area (Å²) in [5.74, 6) is -0.529. The van der Waals surface area contributed by atoms with Gasteiger partial charge in [0, 0.05) is 12.1 Å². The molecule has 0 unspecified atom stereocenters. The molecule has 25 heavy (non-hydrogen) atoms. The molecule has 2 heterocycles. The SMILES string of the molecule is Cc1c(Cl)[nH]c(C(=O)N[C@@H]2CCN(C(=O)OC(C)(C)C)C[C@@H]2F)c1Cl. The third-order valence-corrected chi connectivity index (χ3v) is 4.70. The Labute approximate surface area is 156 Å². The number of ether oxygens (including phenoxy) is 1. The minimum atomic E-state index is -1.41. The lowest BCUT2D eigenvalue weighted by Gasteiger charge is -2.35. The molecule has 2 N–H and O–H groups in total. The van der Waals surface area contributed by atoms with E-state index in [4.69, 9.17) is 27.9 Å². The molecule has 0 aliphatic carbocycles. The summed E-state index contributed by atoms with van der Waals surface area (Å²) in [5.41, 5.74) is 0.0195. The van der Waals surface area contributed by atoms with E-state index in [2.05, 4.69) is 10.3 Å². The van der Waals surface area contributed by atoms with E-state index in [1.165, 1.54) is 4.90 Å². The van der Waals surface area contributed by atoms with Gasteiger partial charge in [-0.25, -0.2) is 9.18 Å². The third kappa shape index (κ3) is 4.79. The molecule has 1 aliphatic rings. The van der Waals surface area contributed by atoms with Crippen LogP contribution in [0.2, 0.25) is 10.2 Å². The van der Waals surface area contributed by atoms with Crippen LogP contribution < -0.4 is 5.32 Å². The van der Waals surface area contributed by atoms with Crippen LogP contribution in [0, 0.1) is 6.92 Å². The van der Waals surface area contributed by atoms with Gasteiger partial charge in [-0.3, -0.25) is 4.79 Å². The highest BCUT2D eigenvalue weighted by Gasteiger charge is 2.35. The molecule has 0 aromatic carbocycles. The van der Waals surface area contributed by atoms with Crippen molar-refractivity contribution in [1.82, 2.24) is 15.2 Å². The number of nitrogens with zero attached hydrogens (tertiary/aromatic N) is 1. The summed E-state index contributed by atoms with van der Waals surface area (Å²) < 4.78 is 19.7. The molecule has 2 amide bonds. The summed E-state index contributed by atoms with van der Waals surface area (Å²) >= 11 is 12.0. The molecule has 0 saturated carbocycles. The van der Waals surface area contributed by atoms with E-state index in [0.29, 0.717) is 12.1 Å². The van der Waals surface area contributed by atoms with Crippen LogP contribution in [0.5, 0.6) is 0 Å². The van der Waals surface area contributed by atoms with E-state index in [0.717, 1.165) is 0 Å². The summed E-state index contributed by atoms with van der Waals surface area (Å²) in [6.07, 6.45) is -1.69. The van der Waals surface area contributed by atoms with Crippen molar-refractivity contribution in [3.8, 4) is 0 Å². The van der Waals surface area contributed by atoms with E-state index in [9.17, 15) is 14.0 Å². The Balaban J connectivity index is 1.96. The smallest absolute Gasteiger partial charge is 0.410 e. The van der Waals surface area contributed by atoms with Crippen LogP contribution in [0.25, 0.3) is 0 Å². The number of carbonyl (C=O) groups is 2. The first-order chi connectivity index (χ1) is 11.5. The molecule has 1 saturated heterocycles. The van der Waals surface area contributed by atoms with Crippen LogP contribution in [-0.4, -0.2) is 52.8 Å². The monoisotopic (exact) mass is 393 g/mol. The lowest BCUT2D eigenvalue weighted by Crippen LogP contribution is -2.54. The molecule has 2 rings (SSSR count). The van der Waals surface area contributed by atoms with Crippen molar-refractivity contribution in [1.29, 1.82) is 0 Å². The normalized spacial score (nSPS) is 21.2. The minimum absolute atomic E-state index is 0.103. The molecular weight excluding hydrogens is 372 g/mol. The molecule has 140 valence electrons. The van der Waals surface area contributed by atoms with Crippen molar-refractivity contribution >= 4 is 35.2 Å². The number of amides is 2. The van der Waals surface area contributed by atoms with Crippen LogP contribution in [0.3, 0.4) is 0 Å². The summed E-state index contributed by atoms with van der Waals surface area (Å²) in [6.45, 7) is 7.07. The molecule has 0 spiro atoms. The molecular formula is C16H22Cl2FN3O3. The van der Waals surface area contributed by atoms with Gasteiger partial charge in [0.15, 0.2) is 0 Å². The Morgan fingerprint density at radius 1 is 1.36 bits per heavy atom. The van der Waals surface area contributed by atoms with Crippen molar-refractivity contribution in [2.75, 3.05) is 13.1 Å². The van der Waals surface area contributed by atoms with Crippen LogP contribution in [0.4, 0.5) is 9.18 Å². The molecule has 1 fully saturated rings. The zero-order chi connectivity index (χ0) is 18.9. The first-order valence-electron chi connectivity index (χ1n) is 7.96. The maximum absolute atomic E-state index is 14.4. The summed E-state index contributed by atoms with van der Waals surface area (Å²) in [6, 6.07) is -0.718. The highest BCUT2D eigenvalue weighted by Crippen LogP contribution is 2.27. The zero-order valence-corrected chi connectivity index (χ0v) is 16.1. The number of carbonyl (C=O) groups excluding carboxylic acids is 2. The van der Waals surface area contributed by atoms with E-state index >= 15 is 0 Å². The summed E-state index contributed by atoms with van der Waals surface area (Å²) in [5, 5.41) is 3.09. The van der Waals surface area contributed by atoms with Crippen LogP contribution in [0.1, 0.15) is 43.2 Å². The van der Waals surface area contributed by atoms with Gasteiger partial charge in [0.2, 0.25) is 0 Å². The number of H-pyrrole nitrogens is 1. The molecule has 1 aromatic heterocycles. The number of aromatic amines is 1. The van der Waals surface area contributed by atoms with Crippen molar-refractivity contribution in [3.63, 3.8) is 0 Å². The number of aromatic nitrogens is 1. The Morgan fingerprint density at radius 2 is 2.00 bits per heavy atom. The second kappa shape index (κ2) is 7.41. The number of piperidine rings is 1. The van der Waals surface area contributed by atoms with E-state index in [1.807, 2.05) is 0 Å². The van der Waals surface area contributed by atoms with Gasteiger partial charge in [-0.2, -0.15) is 0 Å². The van der Waals surface area contributed by atoms with E-state index in [1.54, 1.807) is 27.7 Å². The number of likely N-dealkylation sites (tertiary alicyclic amines) is 1. The Hall–Kier alpha value is -1.47. The lowest BCUT2D eigenvalue weighted by atomic mass is 10.0. The maximum atomic E-state index is 14.4. The van der Waals surface area contributed by atoms with Gasteiger partial charge in [-0.1, -0.05) is 23.2 Å². The zero-order valence-electron chi connectivity index (χ0n) is 14.6. The molecule has 0 radical (unpaired) electrons. The second-order valence-electron chi connectivity index (χ2n) is 7.06. The van der Waals surface area contributed by atoms with Crippen molar-refractivity contribution in [2.45, 2.75) is 51.9 Å². The summed E-state index contributed by atoms with van der Waals surface area (Å²) in [7, 11) is 0. The number of halogens is 3. The number of hydrogen-bond donors (Lipinski definition) is 2. The van der Waals surface area contributed by atoms with Crippen molar-refractivity contribution < 1.29 is 18.7 Å². The van der Waals surface area contributed by atoms with Gasteiger partial charge in [0.1, 0.15) is 22.6 Å². The molecule has 9 heteroatoms. The first-order valence-corrected chi connectivity index (χ1v) is 8.71. The Kier molecular flexibility index (Phi) is 5.89. The third-order valence-electron chi connectivity index (χ3n) is 3.85. The van der Waals surface area contributed by atoms with Gasteiger partial charge >= 0.3 is 6.09 Å². The fraction of sp³-hybridized carbons (Fsp3) is 0.625.